The SMILES string of the molecule is CCC(C)(CO)NC(=O)CSCc1c(C)noc1C. The van der Waals surface area contributed by atoms with Gasteiger partial charge in [-0.3, -0.25) is 4.79 Å². The van der Waals surface area contributed by atoms with Crippen LogP contribution in [-0.2, 0) is 10.5 Å². The molecule has 0 spiro atoms. The number of aliphatic hydroxyl groups excluding tert-OH is 1. The Labute approximate surface area is 118 Å². The first-order valence-corrected chi connectivity index (χ1v) is 7.48. The molecule has 1 unspecified atom stereocenters. The third-order valence-electron chi connectivity index (χ3n) is 3.23. The topological polar surface area (TPSA) is 75.4 Å². The number of nitrogens with zero attached hydrogens (tertiary/aromatic N) is 1. The lowest BCUT2D eigenvalue weighted by atomic mass is 10.0. The van der Waals surface area contributed by atoms with Crippen molar-refractivity contribution in [3.8, 4) is 0 Å². The van der Waals surface area contributed by atoms with Gasteiger partial charge in [0.2, 0.25) is 5.91 Å². The zero-order valence-electron chi connectivity index (χ0n) is 11.9. The molecule has 19 heavy (non-hydrogen) atoms. The van der Waals surface area contributed by atoms with Gasteiger partial charge in [-0.2, -0.15) is 0 Å². The van der Waals surface area contributed by atoms with Crippen LogP contribution in [0.15, 0.2) is 4.52 Å². The normalized spacial score (nSPS) is 14.2. The first kappa shape index (κ1) is 16.0. The maximum Gasteiger partial charge on any atom is 0.230 e. The van der Waals surface area contributed by atoms with E-state index in [9.17, 15) is 9.90 Å². The lowest BCUT2D eigenvalue weighted by Gasteiger charge is -2.27. The number of amides is 1. The van der Waals surface area contributed by atoms with E-state index in [1.165, 1.54) is 11.8 Å². The van der Waals surface area contributed by atoms with Gasteiger partial charge in [0.1, 0.15) is 5.76 Å². The maximum absolute atomic E-state index is 11.8. The molecule has 108 valence electrons. The zero-order chi connectivity index (χ0) is 14.5. The van der Waals surface area contributed by atoms with Gasteiger partial charge in [-0.05, 0) is 27.2 Å². The number of rotatable bonds is 7. The van der Waals surface area contributed by atoms with Crippen molar-refractivity contribution in [1.82, 2.24) is 10.5 Å². The van der Waals surface area contributed by atoms with E-state index >= 15 is 0 Å². The van der Waals surface area contributed by atoms with Gasteiger partial charge in [0, 0.05) is 11.3 Å². The van der Waals surface area contributed by atoms with E-state index in [-0.39, 0.29) is 12.5 Å². The van der Waals surface area contributed by atoms with Gasteiger partial charge < -0.3 is 14.9 Å². The van der Waals surface area contributed by atoms with Crippen molar-refractivity contribution in [2.24, 2.45) is 0 Å². The van der Waals surface area contributed by atoms with Gasteiger partial charge in [-0.1, -0.05) is 12.1 Å². The van der Waals surface area contributed by atoms with Crippen molar-refractivity contribution in [2.75, 3.05) is 12.4 Å². The third-order valence-corrected chi connectivity index (χ3v) is 4.19. The molecule has 1 amide bonds. The minimum Gasteiger partial charge on any atom is -0.394 e. The van der Waals surface area contributed by atoms with Crippen LogP contribution >= 0.6 is 11.8 Å². The van der Waals surface area contributed by atoms with Gasteiger partial charge in [0.25, 0.3) is 0 Å². The van der Waals surface area contributed by atoms with Gasteiger partial charge >= 0.3 is 0 Å². The highest BCUT2D eigenvalue weighted by Gasteiger charge is 2.23. The Morgan fingerprint density at radius 3 is 2.68 bits per heavy atom. The molecule has 0 radical (unpaired) electrons. The summed E-state index contributed by atoms with van der Waals surface area (Å²) in [6.45, 7) is 7.49. The molecule has 1 aromatic rings. The molecule has 2 N–H and O–H groups in total. The lowest BCUT2D eigenvalue weighted by Crippen LogP contribution is -2.49. The number of thioether (sulfide) groups is 1. The van der Waals surface area contributed by atoms with Crippen LogP contribution in [0.3, 0.4) is 0 Å². The molecule has 6 heteroatoms. The Morgan fingerprint density at radius 1 is 1.53 bits per heavy atom. The molecule has 0 bridgehead atoms. The van der Waals surface area contributed by atoms with Gasteiger partial charge in [0.15, 0.2) is 0 Å². The second-order valence-electron chi connectivity index (χ2n) is 4.92. The molecule has 1 atom stereocenters. The fourth-order valence-corrected chi connectivity index (χ4v) is 2.54. The Morgan fingerprint density at radius 2 is 2.21 bits per heavy atom. The summed E-state index contributed by atoms with van der Waals surface area (Å²) in [6, 6.07) is 0. The molecule has 0 aromatic carbocycles. The molecule has 1 aromatic heterocycles. The standard InChI is InChI=1S/C13H22N2O3S/c1-5-13(4,8-16)14-12(17)7-19-6-11-9(2)15-18-10(11)3/h16H,5-8H2,1-4H3,(H,14,17). The van der Waals surface area contributed by atoms with Crippen LogP contribution in [0.4, 0.5) is 0 Å². The Balaban J connectivity index is 2.39. The summed E-state index contributed by atoms with van der Waals surface area (Å²) in [7, 11) is 0. The quantitative estimate of drug-likeness (QED) is 0.799. The highest BCUT2D eigenvalue weighted by atomic mass is 32.2. The van der Waals surface area contributed by atoms with Crippen molar-refractivity contribution in [3.63, 3.8) is 0 Å². The summed E-state index contributed by atoms with van der Waals surface area (Å²) >= 11 is 1.52. The number of nitrogens with one attached hydrogen (secondary N) is 1. The number of carbonyl (C=O) groups excluding carboxylic acids is 1. The molecule has 0 aliphatic heterocycles. The van der Waals surface area contributed by atoms with Gasteiger partial charge in [-0.25, -0.2) is 0 Å². The number of aliphatic hydroxyl groups is 1. The molecule has 0 saturated carbocycles. The summed E-state index contributed by atoms with van der Waals surface area (Å²) in [5.41, 5.74) is 1.40. The zero-order valence-corrected chi connectivity index (χ0v) is 12.8. The van der Waals surface area contributed by atoms with E-state index in [1.807, 2.05) is 27.7 Å². The second-order valence-corrected chi connectivity index (χ2v) is 5.90. The average Bonchev–Trinajstić information content (AvgIpc) is 2.70. The van der Waals surface area contributed by atoms with Crippen molar-refractivity contribution >= 4 is 17.7 Å². The van der Waals surface area contributed by atoms with E-state index in [0.29, 0.717) is 17.9 Å². The minimum atomic E-state index is -0.527. The molecular weight excluding hydrogens is 264 g/mol. The van der Waals surface area contributed by atoms with E-state index < -0.39 is 5.54 Å². The Hall–Kier alpha value is -1.01. The Kier molecular flexibility index (Phi) is 5.87. The predicted molar refractivity (Wildman–Crippen MR) is 76.1 cm³/mol. The number of hydrogen-bond acceptors (Lipinski definition) is 5. The predicted octanol–water partition coefficient (Wildman–Crippen LogP) is 1.80. The summed E-state index contributed by atoms with van der Waals surface area (Å²) in [5, 5.41) is 16.0. The molecular formula is C13H22N2O3S. The van der Waals surface area contributed by atoms with E-state index in [0.717, 1.165) is 17.0 Å². The molecule has 1 heterocycles. The van der Waals surface area contributed by atoms with Gasteiger partial charge in [0.05, 0.1) is 23.6 Å². The molecule has 0 aliphatic carbocycles. The van der Waals surface area contributed by atoms with Crippen LogP contribution in [0.2, 0.25) is 0 Å². The van der Waals surface area contributed by atoms with E-state index in [4.69, 9.17) is 4.52 Å². The highest BCUT2D eigenvalue weighted by Crippen LogP contribution is 2.19. The summed E-state index contributed by atoms with van der Waals surface area (Å²) in [4.78, 5) is 11.8. The molecule has 5 nitrogen and oxygen atoms in total. The summed E-state index contributed by atoms with van der Waals surface area (Å²) < 4.78 is 5.07. The van der Waals surface area contributed by atoms with Crippen LogP contribution < -0.4 is 5.32 Å². The molecule has 0 saturated heterocycles. The van der Waals surface area contributed by atoms with Crippen LogP contribution in [0.25, 0.3) is 0 Å². The second kappa shape index (κ2) is 6.96. The maximum atomic E-state index is 11.8. The fraction of sp³-hybridized carbons (Fsp3) is 0.692. The molecule has 0 fully saturated rings. The van der Waals surface area contributed by atoms with Crippen molar-refractivity contribution in [3.05, 3.63) is 17.0 Å². The highest BCUT2D eigenvalue weighted by molar-refractivity contribution is 7.99. The van der Waals surface area contributed by atoms with Crippen LogP contribution in [0.1, 0.15) is 37.3 Å². The molecule has 1 rings (SSSR count). The van der Waals surface area contributed by atoms with Crippen molar-refractivity contribution < 1.29 is 14.4 Å². The largest absolute Gasteiger partial charge is 0.394 e. The average molecular weight is 286 g/mol. The van der Waals surface area contributed by atoms with Crippen molar-refractivity contribution in [2.45, 2.75) is 45.4 Å². The lowest BCUT2D eigenvalue weighted by molar-refractivity contribution is -0.120. The minimum absolute atomic E-state index is 0.0518. The first-order chi connectivity index (χ1) is 8.91. The number of aryl methyl sites for hydroxylation is 2. The number of aromatic nitrogens is 1. The van der Waals surface area contributed by atoms with Gasteiger partial charge in [-0.15, -0.1) is 11.8 Å². The van der Waals surface area contributed by atoms with E-state index in [1.54, 1.807) is 0 Å². The number of carbonyl (C=O) groups is 1. The third kappa shape index (κ3) is 4.54. The smallest absolute Gasteiger partial charge is 0.230 e. The fourth-order valence-electron chi connectivity index (χ4n) is 1.57. The van der Waals surface area contributed by atoms with Crippen molar-refractivity contribution in [1.29, 1.82) is 0 Å². The monoisotopic (exact) mass is 286 g/mol. The number of hydrogen-bond donors (Lipinski definition) is 2. The van der Waals surface area contributed by atoms with E-state index in [2.05, 4.69) is 10.5 Å². The molecule has 0 aliphatic rings. The van der Waals surface area contributed by atoms with Crippen LogP contribution in [-0.4, -0.2) is 34.1 Å². The van der Waals surface area contributed by atoms with Crippen LogP contribution in [0, 0.1) is 13.8 Å². The van der Waals surface area contributed by atoms with Crippen LogP contribution in [0.5, 0.6) is 0 Å². The first-order valence-electron chi connectivity index (χ1n) is 6.33. The summed E-state index contributed by atoms with van der Waals surface area (Å²) in [5.74, 6) is 1.81. The Bertz CT molecular complexity index is 408. The summed E-state index contributed by atoms with van der Waals surface area (Å²) in [6.07, 6.45) is 0.698.